The fraction of sp³-hybridized carbons (Fsp3) is 0.462. The molecule has 94 valence electrons. The molecule has 0 bridgehead atoms. The summed E-state index contributed by atoms with van der Waals surface area (Å²) in [4.78, 5) is 18.5. The van der Waals surface area contributed by atoms with Gasteiger partial charge < -0.3 is 4.98 Å². The summed E-state index contributed by atoms with van der Waals surface area (Å²) >= 11 is 0. The second kappa shape index (κ2) is 4.86. The van der Waals surface area contributed by atoms with Gasteiger partial charge in [0.05, 0.1) is 23.8 Å². The van der Waals surface area contributed by atoms with Crippen LogP contribution >= 0.6 is 0 Å². The van der Waals surface area contributed by atoms with Crippen LogP contribution in [0.25, 0.3) is 0 Å². The smallest absolute Gasteiger partial charge is 0.0922 e. The van der Waals surface area contributed by atoms with Crippen molar-refractivity contribution < 1.29 is 0 Å². The summed E-state index contributed by atoms with van der Waals surface area (Å²) in [6, 6.07) is 0.390. The van der Waals surface area contributed by atoms with Crippen molar-refractivity contribution in [2.45, 2.75) is 32.4 Å². The van der Waals surface area contributed by atoms with Gasteiger partial charge in [0.2, 0.25) is 0 Å². The molecule has 0 aliphatic carbocycles. The van der Waals surface area contributed by atoms with E-state index in [2.05, 4.69) is 24.8 Å². The highest BCUT2D eigenvalue weighted by molar-refractivity contribution is 5.09. The van der Waals surface area contributed by atoms with Crippen molar-refractivity contribution in [2.75, 3.05) is 6.54 Å². The van der Waals surface area contributed by atoms with Gasteiger partial charge in [0.1, 0.15) is 0 Å². The monoisotopic (exact) mass is 243 g/mol. The maximum Gasteiger partial charge on any atom is 0.0922 e. The summed E-state index contributed by atoms with van der Waals surface area (Å²) in [6.07, 6.45) is 9.69. The lowest BCUT2D eigenvalue weighted by Gasteiger charge is -2.23. The average molecular weight is 243 g/mol. The fourth-order valence-electron chi connectivity index (χ4n) is 2.58. The third-order valence-electron chi connectivity index (χ3n) is 3.41. The lowest BCUT2D eigenvalue weighted by molar-refractivity contribution is 0.241. The SMILES string of the molecule is Cc1cncc([C@@H]2CCCN2Cc2cnc[nH]2)n1. The van der Waals surface area contributed by atoms with E-state index < -0.39 is 0 Å². The van der Waals surface area contributed by atoms with Crippen molar-refractivity contribution in [3.05, 3.63) is 42.0 Å². The van der Waals surface area contributed by atoms with Gasteiger partial charge in [-0.15, -0.1) is 0 Å². The molecule has 0 saturated carbocycles. The second-order valence-corrected chi connectivity index (χ2v) is 4.79. The molecule has 1 atom stereocenters. The average Bonchev–Trinajstić information content (AvgIpc) is 3.01. The second-order valence-electron chi connectivity index (χ2n) is 4.79. The van der Waals surface area contributed by atoms with Crippen molar-refractivity contribution in [2.24, 2.45) is 0 Å². The topological polar surface area (TPSA) is 57.7 Å². The van der Waals surface area contributed by atoms with Crippen LogP contribution in [0.2, 0.25) is 0 Å². The van der Waals surface area contributed by atoms with Gasteiger partial charge in [-0.05, 0) is 26.3 Å². The van der Waals surface area contributed by atoms with Crippen LogP contribution in [0, 0.1) is 6.92 Å². The van der Waals surface area contributed by atoms with E-state index in [1.165, 1.54) is 6.42 Å². The Bertz CT molecular complexity index is 508. The number of hydrogen-bond acceptors (Lipinski definition) is 4. The first-order valence-electron chi connectivity index (χ1n) is 6.33. The van der Waals surface area contributed by atoms with E-state index in [1.54, 1.807) is 12.5 Å². The first-order valence-corrected chi connectivity index (χ1v) is 6.33. The quantitative estimate of drug-likeness (QED) is 0.893. The number of H-pyrrole nitrogens is 1. The summed E-state index contributed by atoms with van der Waals surface area (Å²) in [7, 11) is 0. The van der Waals surface area contributed by atoms with E-state index in [4.69, 9.17) is 0 Å². The summed E-state index contributed by atoms with van der Waals surface area (Å²) in [6.45, 7) is 4.00. The molecule has 0 spiro atoms. The maximum atomic E-state index is 4.60. The first kappa shape index (κ1) is 11.3. The van der Waals surface area contributed by atoms with E-state index in [1.807, 2.05) is 19.3 Å². The van der Waals surface area contributed by atoms with Crippen molar-refractivity contribution >= 4 is 0 Å². The minimum Gasteiger partial charge on any atom is -0.347 e. The molecule has 1 N–H and O–H groups in total. The Balaban J connectivity index is 1.79. The number of hydrogen-bond donors (Lipinski definition) is 1. The van der Waals surface area contributed by atoms with E-state index in [9.17, 15) is 0 Å². The van der Waals surface area contributed by atoms with Gasteiger partial charge in [0.25, 0.3) is 0 Å². The standard InChI is InChI=1S/C13H17N5/c1-10-5-14-7-12(17-10)13-3-2-4-18(13)8-11-6-15-9-16-11/h5-7,9,13H,2-4,8H2,1H3,(H,15,16)/t13-/m0/s1. The molecule has 0 aromatic carbocycles. The van der Waals surface area contributed by atoms with Crippen LogP contribution in [-0.2, 0) is 6.54 Å². The molecular formula is C13H17N5. The zero-order valence-corrected chi connectivity index (χ0v) is 10.5. The summed E-state index contributed by atoms with van der Waals surface area (Å²) in [5, 5.41) is 0. The Morgan fingerprint density at radius 1 is 1.33 bits per heavy atom. The number of rotatable bonds is 3. The minimum atomic E-state index is 0.390. The largest absolute Gasteiger partial charge is 0.347 e. The molecule has 2 aromatic rings. The van der Waals surface area contributed by atoms with E-state index >= 15 is 0 Å². The van der Waals surface area contributed by atoms with E-state index in [0.29, 0.717) is 6.04 Å². The van der Waals surface area contributed by atoms with Gasteiger partial charge >= 0.3 is 0 Å². The summed E-state index contributed by atoms with van der Waals surface area (Å²) in [5.74, 6) is 0. The van der Waals surface area contributed by atoms with Crippen LogP contribution in [-0.4, -0.2) is 31.4 Å². The first-order chi connectivity index (χ1) is 8.83. The third kappa shape index (κ3) is 2.26. The zero-order valence-electron chi connectivity index (χ0n) is 10.5. The van der Waals surface area contributed by atoms with Crippen molar-refractivity contribution in [3.8, 4) is 0 Å². The molecule has 1 fully saturated rings. The van der Waals surface area contributed by atoms with Crippen LogP contribution in [0.3, 0.4) is 0 Å². The van der Waals surface area contributed by atoms with Gasteiger partial charge in [-0.1, -0.05) is 0 Å². The van der Waals surface area contributed by atoms with Gasteiger partial charge in [-0.3, -0.25) is 14.9 Å². The van der Waals surface area contributed by atoms with E-state index in [-0.39, 0.29) is 0 Å². The molecular weight excluding hydrogens is 226 g/mol. The number of nitrogens with zero attached hydrogens (tertiary/aromatic N) is 4. The molecule has 0 unspecified atom stereocenters. The van der Waals surface area contributed by atoms with Crippen LogP contribution < -0.4 is 0 Å². The van der Waals surface area contributed by atoms with Crippen molar-refractivity contribution in [3.63, 3.8) is 0 Å². The molecule has 5 heteroatoms. The predicted octanol–water partition coefficient (Wildman–Crippen LogP) is 1.85. The predicted molar refractivity (Wildman–Crippen MR) is 67.7 cm³/mol. The fourth-order valence-corrected chi connectivity index (χ4v) is 2.58. The van der Waals surface area contributed by atoms with Gasteiger partial charge in [-0.2, -0.15) is 0 Å². The Morgan fingerprint density at radius 2 is 2.28 bits per heavy atom. The van der Waals surface area contributed by atoms with Crippen LogP contribution in [0.4, 0.5) is 0 Å². The Morgan fingerprint density at radius 3 is 3.06 bits per heavy atom. The van der Waals surface area contributed by atoms with Crippen LogP contribution in [0.1, 0.15) is 36.0 Å². The maximum absolute atomic E-state index is 4.60. The zero-order chi connectivity index (χ0) is 12.4. The molecule has 0 amide bonds. The molecule has 5 nitrogen and oxygen atoms in total. The van der Waals surface area contributed by atoms with Gasteiger partial charge in [-0.25, -0.2) is 4.98 Å². The molecule has 3 heterocycles. The molecule has 1 saturated heterocycles. The molecule has 2 aromatic heterocycles. The van der Waals surface area contributed by atoms with Crippen molar-refractivity contribution in [1.29, 1.82) is 0 Å². The lowest BCUT2D eigenvalue weighted by atomic mass is 10.1. The Hall–Kier alpha value is -1.75. The van der Waals surface area contributed by atoms with Crippen LogP contribution in [0.15, 0.2) is 24.9 Å². The van der Waals surface area contributed by atoms with Gasteiger partial charge in [0, 0.05) is 30.8 Å². The number of aromatic amines is 1. The van der Waals surface area contributed by atoms with Crippen molar-refractivity contribution in [1.82, 2.24) is 24.8 Å². The summed E-state index contributed by atoms with van der Waals surface area (Å²) in [5.41, 5.74) is 3.23. The highest BCUT2D eigenvalue weighted by Crippen LogP contribution is 2.31. The molecule has 3 rings (SSSR count). The highest BCUT2D eigenvalue weighted by atomic mass is 15.2. The van der Waals surface area contributed by atoms with E-state index in [0.717, 1.165) is 36.6 Å². The minimum absolute atomic E-state index is 0.390. The molecule has 1 aliphatic heterocycles. The highest BCUT2D eigenvalue weighted by Gasteiger charge is 2.27. The van der Waals surface area contributed by atoms with Crippen LogP contribution in [0.5, 0.6) is 0 Å². The normalized spacial score (nSPS) is 20.4. The summed E-state index contributed by atoms with van der Waals surface area (Å²) < 4.78 is 0. The number of aryl methyl sites for hydroxylation is 1. The number of likely N-dealkylation sites (tertiary alicyclic amines) is 1. The lowest BCUT2D eigenvalue weighted by Crippen LogP contribution is -2.23. The molecule has 1 aliphatic rings. The molecule has 18 heavy (non-hydrogen) atoms. The van der Waals surface area contributed by atoms with Gasteiger partial charge in [0.15, 0.2) is 0 Å². The molecule has 0 radical (unpaired) electrons. The third-order valence-corrected chi connectivity index (χ3v) is 3.41. The number of nitrogens with one attached hydrogen (secondary N) is 1. The Labute approximate surface area is 106 Å². The number of imidazole rings is 1. The Kier molecular flexibility index (Phi) is 3.06. The number of aromatic nitrogens is 4.